The number of hydrogen-bond acceptors (Lipinski definition) is 2. The first kappa shape index (κ1) is 25.6. The quantitative estimate of drug-likeness (QED) is 0.159. The van der Waals surface area contributed by atoms with E-state index in [0.29, 0.717) is 5.56 Å². The van der Waals surface area contributed by atoms with Crippen molar-refractivity contribution in [1.82, 2.24) is 0 Å². The molecule has 0 spiro atoms. The average molecular weight is 721 g/mol. The van der Waals surface area contributed by atoms with Crippen LogP contribution in [0.1, 0.15) is 9.60 Å². The lowest BCUT2D eigenvalue weighted by molar-refractivity contribution is 0.669. The second-order valence-corrected chi connectivity index (χ2v) is 13.9. The highest BCUT2D eigenvalue weighted by Gasteiger charge is 2.20. The highest BCUT2D eigenvalue weighted by atomic mass is 16.3. The van der Waals surface area contributed by atoms with E-state index < -0.39 is 30.2 Å². The molecule has 0 bridgehead atoms. The molecule has 11 aromatic rings. The highest BCUT2D eigenvalue weighted by molar-refractivity contribution is 6.14. The molecule has 0 saturated heterocycles. The van der Waals surface area contributed by atoms with Crippen molar-refractivity contribution in [1.29, 1.82) is 0 Å². The number of rotatable bonds is 6. The van der Waals surface area contributed by atoms with Gasteiger partial charge in [0.15, 0.2) is 0 Å². The first-order valence-corrected chi connectivity index (χ1v) is 18.6. The van der Waals surface area contributed by atoms with Gasteiger partial charge in [-0.15, -0.1) is 0 Å². The highest BCUT2D eigenvalue weighted by Crippen LogP contribution is 2.44. The third kappa shape index (κ3) is 5.34. The second-order valence-electron chi connectivity index (χ2n) is 13.9. The molecule has 11 rings (SSSR count). The summed E-state index contributed by atoms with van der Waals surface area (Å²) in [5, 5.41) is 6.82. The standard InChI is InChI=1S/C54H35NO/c1-3-13-44-38(10-1)12-7-16-45(44)41-28-33-43(34-29-41)55(51-19-9-21-53-54(51)50-15-5-6-20-52(50)56-53)42-31-26-37(27-32-42)36-22-24-40(25-23-36)47-17-8-18-48-46-14-4-2-11-39(46)30-35-49(47)48/h1-35H/i1D,3D,7D,10D,12D,13D,16D. The van der Waals surface area contributed by atoms with E-state index >= 15 is 0 Å². The van der Waals surface area contributed by atoms with Crippen molar-refractivity contribution in [2.45, 2.75) is 0 Å². The molecular formula is C54H35NO. The molecule has 0 N–H and O–H groups in total. The third-order valence-corrected chi connectivity index (χ3v) is 10.8. The molecule has 1 aromatic heterocycles. The van der Waals surface area contributed by atoms with E-state index in [0.717, 1.165) is 55.7 Å². The van der Waals surface area contributed by atoms with Gasteiger partial charge in [-0.25, -0.2) is 0 Å². The Morgan fingerprint density at radius 3 is 1.79 bits per heavy atom. The number of furan rings is 1. The Kier molecular flexibility index (Phi) is 6.01. The first-order chi connectivity index (χ1) is 30.7. The molecule has 0 unspecified atom stereocenters. The number of hydrogen-bond donors (Lipinski definition) is 0. The minimum Gasteiger partial charge on any atom is -0.456 e. The lowest BCUT2D eigenvalue weighted by atomic mass is 9.93. The van der Waals surface area contributed by atoms with E-state index in [2.05, 4.69) is 120 Å². The van der Waals surface area contributed by atoms with Gasteiger partial charge < -0.3 is 9.32 Å². The zero-order valence-electron chi connectivity index (χ0n) is 37.0. The van der Waals surface area contributed by atoms with Crippen molar-refractivity contribution < 1.29 is 14.0 Å². The van der Waals surface area contributed by atoms with Crippen LogP contribution in [0.5, 0.6) is 0 Å². The molecule has 0 saturated carbocycles. The van der Waals surface area contributed by atoms with E-state index in [9.17, 15) is 0 Å². The summed E-state index contributed by atoms with van der Waals surface area (Å²) in [7, 11) is 0. The maximum Gasteiger partial charge on any atom is 0.137 e. The summed E-state index contributed by atoms with van der Waals surface area (Å²) < 4.78 is 66.4. The van der Waals surface area contributed by atoms with Crippen molar-refractivity contribution in [3.63, 3.8) is 0 Å². The Morgan fingerprint density at radius 2 is 0.964 bits per heavy atom. The minimum absolute atomic E-state index is 0.0561. The number of nitrogens with zero attached hydrogens (tertiary/aromatic N) is 1. The average Bonchev–Trinajstić information content (AvgIpc) is 3.72. The van der Waals surface area contributed by atoms with Gasteiger partial charge in [0.1, 0.15) is 11.2 Å². The molecule has 0 aliphatic heterocycles. The molecule has 10 aromatic carbocycles. The minimum atomic E-state index is -0.478. The van der Waals surface area contributed by atoms with Gasteiger partial charge in [-0.1, -0.05) is 170 Å². The van der Waals surface area contributed by atoms with Crippen molar-refractivity contribution in [2.75, 3.05) is 4.90 Å². The summed E-state index contributed by atoms with van der Waals surface area (Å²) >= 11 is 0. The van der Waals surface area contributed by atoms with Crippen molar-refractivity contribution in [3.8, 4) is 33.4 Å². The summed E-state index contributed by atoms with van der Waals surface area (Å²) in [5.41, 5.74) is 9.22. The number of benzene rings is 10. The topological polar surface area (TPSA) is 16.4 Å². The van der Waals surface area contributed by atoms with Crippen LogP contribution in [0.2, 0.25) is 0 Å². The normalized spacial score (nSPS) is 13.3. The number of fused-ring (bicyclic) bond motifs is 7. The van der Waals surface area contributed by atoms with E-state index in [-0.39, 0.29) is 28.4 Å². The van der Waals surface area contributed by atoms with E-state index in [4.69, 9.17) is 14.0 Å². The lowest BCUT2D eigenvalue weighted by Crippen LogP contribution is -2.10. The molecule has 0 fully saturated rings. The van der Waals surface area contributed by atoms with Crippen LogP contribution in [0.4, 0.5) is 17.1 Å². The fraction of sp³-hybridized carbons (Fsp3) is 0. The number of para-hydroxylation sites is 1. The molecule has 1 heterocycles. The summed E-state index contributed by atoms with van der Waals surface area (Å²) in [4.78, 5) is 2.15. The molecule has 0 atom stereocenters. The van der Waals surface area contributed by atoms with Crippen LogP contribution in [0.25, 0.3) is 87.6 Å². The van der Waals surface area contributed by atoms with Crippen molar-refractivity contribution in [3.05, 3.63) is 212 Å². The van der Waals surface area contributed by atoms with Crippen molar-refractivity contribution >= 4 is 71.3 Å². The Hall–Kier alpha value is -7.42. The predicted molar refractivity (Wildman–Crippen MR) is 237 cm³/mol. The monoisotopic (exact) mass is 720 g/mol. The molecule has 0 radical (unpaired) electrons. The van der Waals surface area contributed by atoms with E-state index in [1.165, 1.54) is 27.1 Å². The van der Waals surface area contributed by atoms with Gasteiger partial charge in [-0.05, 0) is 108 Å². The van der Waals surface area contributed by atoms with E-state index in [1.54, 1.807) is 12.1 Å². The van der Waals surface area contributed by atoms with Crippen LogP contribution in [-0.2, 0) is 0 Å². The molecule has 0 aliphatic carbocycles. The summed E-state index contributed by atoms with van der Waals surface area (Å²) in [6.45, 7) is 0. The fourth-order valence-electron chi connectivity index (χ4n) is 8.11. The Morgan fingerprint density at radius 1 is 0.357 bits per heavy atom. The molecule has 56 heavy (non-hydrogen) atoms. The second kappa shape index (κ2) is 13.2. The maximum atomic E-state index is 8.93. The maximum absolute atomic E-state index is 8.93. The molecule has 262 valence electrons. The Labute approximate surface area is 335 Å². The smallest absolute Gasteiger partial charge is 0.137 e. The molecule has 0 aliphatic rings. The van der Waals surface area contributed by atoms with Gasteiger partial charge >= 0.3 is 0 Å². The zero-order chi connectivity index (χ0) is 43.1. The summed E-state index contributed by atoms with van der Waals surface area (Å²) in [5.74, 6) is 0. The fourth-order valence-corrected chi connectivity index (χ4v) is 8.11. The molecule has 0 amide bonds. The summed E-state index contributed by atoms with van der Waals surface area (Å²) in [6.07, 6.45) is 0. The van der Waals surface area contributed by atoms with Crippen LogP contribution in [0.3, 0.4) is 0 Å². The molecular weight excluding hydrogens is 679 g/mol. The van der Waals surface area contributed by atoms with Crippen LogP contribution < -0.4 is 4.90 Å². The van der Waals surface area contributed by atoms with Gasteiger partial charge in [0.05, 0.1) is 20.7 Å². The van der Waals surface area contributed by atoms with Gasteiger partial charge in [0, 0.05) is 16.8 Å². The van der Waals surface area contributed by atoms with Crippen LogP contribution in [-0.4, -0.2) is 0 Å². The van der Waals surface area contributed by atoms with Gasteiger partial charge in [0.25, 0.3) is 0 Å². The Balaban J connectivity index is 1.01. The largest absolute Gasteiger partial charge is 0.456 e. The molecule has 2 heteroatoms. The third-order valence-electron chi connectivity index (χ3n) is 10.8. The number of anilines is 3. The van der Waals surface area contributed by atoms with Gasteiger partial charge in [0.2, 0.25) is 0 Å². The predicted octanol–water partition coefficient (Wildman–Crippen LogP) is 15.5. The van der Waals surface area contributed by atoms with Crippen molar-refractivity contribution in [2.24, 2.45) is 0 Å². The van der Waals surface area contributed by atoms with E-state index in [1.807, 2.05) is 42.5 Å². The summed E-state index contributed by atoms with van der Waals surface area (Å²) in [6, 6.07) is 55.2. The lowest BCUT2D eigenvalue weighted by Gasteiger charge is -2.26. The van der Waals surface area contributed by atoms with Gasteiger partial charge in [-0.2, -0.15) is 0 Å². The Bertz CT molecular complexity index is 3630. The zero-order valence-corrected chi connectivity index (χ0v) is 30.0. The molecule has 2 nitrogen and oxygen atoms in total. The van der Waals surface area contributed by atoms with Crippen LogP contribution in [0.15, 0.2) is 217 Å². The van der Waals surface area contributed by atoms with Crippen LogP contribution in [0, 0.1) is 0 Å². The SMILES string of the molecule is [2H]c1c([2H])c([2H])c2c(-c3ccc(N(c4ccc(-c5ccc(-c6cccc7c6ccc6ccccc67)cc5)cc4)c4cccc5oc6ccccc6c45)cc3)c([2H])c([2H])c([2H])c2c1[2H]. The van der Waals surface area contributed by atoms with Crippen LogP contribution >= 0.6 is 0 Å². The first-order valence-electron chi connectivity index (χ1n) is 22.1. The van der Waals surface area contributed by atoms with Gasteiger partial charge in [-0.3, -0.25) is 0 Å².